The van der Waals surface area contributed by atoms with Crippen LogP contribution in [0.3, 0.4) is 0 Å². The van der Waals surface area contributed by atoms with Crippen molar-refractivity contribution in [2.24, 2.45) is 5.92 Å². The summed E-state index contributed by atoms with van der Waals surface area (Å²) in [7, 11) is 0. The fourth-order valence-corrected chi connectivity index (χ4v) is 3.88. The molecule has 2 aliphatic rings. The summed E-state index contributed by atoms with van der Waals surface area (Å²) >= 11 is 6.21. The molecule has 2 fully saturated rings. The summed E-state index contributed by atoms with van der Waals surface area (Å²) in [5, 5.41) is 0.613. The predicted octanol–water partition coefficient (Wildman–Crippen LogP) is 3.00. The average Bonchev–Trinajstić information content (AvgIpc) is 3.01. The van der Waals surface area contributed by atoms with E-state index in [0.717, 1.165) is 36.8 Å². The molecule has 0 N–H and O–H groups in total. The number of rotatable bonds is 4. The second-order valence-corrected chi connectivity index (χ2v) is 6.62. The van der Waals surface area contributed by atoms with E-state index in [0.29, 0.717) is 5.15 Å². The summed E-state index contributed by atoms with van der Waals surface area (Å²) in [6.07, 6.45) is 7.79. The first-order chi connectivity index (χ1) is 10.3. The van der Waals surface area contributed by atoms with E-state index in [-0.39, 0.29) is 0 Å². The molecule has 1 aromatic heterocycles. The third kappa shape index (κ3) is 3.49. The average molecular weight is 309 g/mol. The van der Waals surface area contributed by atoms with E-state index in [9.17, 15) is 0 Å². The van der Waals surface area contributed by atoms with E-state index in [4.69, 9.17) is 11.6 Å². The molecular weight excluding hydrogens is 284 g/mol. The normalized spacial score (nSPS) is 21.1. The Balaban J connectivity index is 1.59. The third-order valence-electron chi connectivity index (χ3n) is 4.85. The van der Waals surface area contributed by atoms with E-state index in [1.165, 1.54) is 45.3 Å². The van der Waals surface area contributed by atoms with Crippen LogP contribution in [-0.4, -0.2) is 47.6 Å². The number of nitrogens with zero attached hydrogens (tertiary/aromatic N) is 4. The van der Waals surface area contributed by atoms with Gasteiger partial charge in [0.2, 0.25) is 0 Å². The van der Waals surface area contributed by atoms with Gasteiger partial charge in [0.15, 0.2) is 0 Å². The Morgan fingerprint density at radius 1 is 1.14 bits per heavy atom. The van der Waals surface area contributed by atoms with Gasteiger partial charge < -0.3 is 9.80 Å². The Bertz CT molecular complexity index is 465. The first kappa shape index (κ1) is 15.0. The standard InChI is InChI=1S/C16H25ClN4/c1-2-14-15(17)18-12-19-16(14)21-9-5-13(6-10-21)11-20-7-3-4-8-20/h12-13H,2-11H2,1H3. The van der Waals surface area contributed by atoms with Crippen LogP contribution in [-0.2, 0) is 6.42 Å². The highest BCUT2D eigenvalue weighted by Gasteiger charge is 2.25. The van der Waals surface area contributed by atoms with E-state index in [1.807, 2.05) is 0 Å². The minimum atomic E-state index is 0.613. The molecule has 0 atom stereocenters. The van der Waals surface area contributed by atoms with Crippen LogP contribution in [0.1, 0.15) is 38.2 Å². The maximum Gasteiger partial charge on any atom is 0.137 e. The molecule has 0 unspecified atom stereocenters. The topological polar surface area (TPSA) is 32.3 Å². The van der Waals surface area contributed by atoms with Crippen LogP contribution >= 0.6 is 11.6 Å². The van der Waals surface area contributed by atoms with Gasteiger partial charge in [0.1, 0.15) is 17.3 Å². The van der Waals surface area contributed by atoms with Crippen LogP contribution in [0.15, 0.2) is 6.33 Å². The summed E-state index contributed by atoms with van der Waals surface area (Å²) in [6, 6.07) is 0. The van der Waals surface area contributed by atoms with Crippen molar-refractivity contribution >= 4 is 17.4 Å². The molecule has 3 rings (SSSR count). The molecule has 1 aromatic rings. The quantitative estimate of drug-likeness (QED) is 0.800. The molecule has 0 aliphatic carbocycles. The van der Waals surface area contributed by atoms with Crippen molar-refractivity contribution in [2.75, 3.05) is 37.6 Å². The SMILES string of the molecule is CCc1c(Cl)ncnc1N1CCC(CN2CCCC2)CC1. The molecule has 21 heavy (non-hydrogen) atoms. The summed E-state index contributed by atoms with van der Waals surface area (Å²) in [6.45, 7) is 8.22. The second kappa shape index (κ2) is 6.93. The number of halogens is 1. The van der Waals surface area contributed by atoms with Crippen molar-refractivity contribution in [3.63, 3.8) is 0 Å². The van der Waals surface area contributed by atoms with Crippen molar-refractivity contribution < 1.29 is 0 Å². The monoisotopic (exact) mass is 308 g/mol. The molecule has 0 saturated carbocycles. The van der Waals surface area contributed by atoms with E-state index in [1.54, 1.807) is 6.33 Å². The van der Waals surface area contributed by atoms with Gasteiger partial charge in [0.05, 0.1) is 0 Å². The highest BCUT2D eigenvalue weighted by Crippen LogP contribution is 2.28. The molecule has 0 radical (unpaired) electrons. The van der Waals surface area contributed by atoms with Gasteiger partial charge in [0.25, 0.3) is 0 Å². The lowest BCUT2D eigenvalue weighted by atomic mass is 9.96. The Hall–Kier alpha value is -0.870. The molecule has 4 nitrogen and oxygen atoms in total. The number of piperidine rings is 1. The van der Waals surface area contributed by atoms with E-state index < -0.39 is 0 Å². The Morgan fingerprint density at radius 3 is 2.52 bits per heavy atom. The highest BCUT2D eigenvalue weighted by atomic mass is 35.5. The molecule has 0 spiro atoms. The summed E-state index contributed by atoms with van der Waals surface area (Å²) in [4.78, 5) is 13.6. The largest absolute Gasteiger partial charge is 0.356 e. The van der Waals surface area contributed by atoms with Crippen LogP contribution in [0.5, 0.6) is 0 Å². The smallest absolute Gasteiger partial charge is 0.137 e. The van der Waals surface area contributed by atoms with E-state index >= 15 is 0 Å². The second-order valence-electron chi connectivity index (χ2n) is 6.26. The molecule has 0 aromatic carbocycles. The Labute approximate surface area is 132 Å². The first-order valence-electron chi connectivity index (χ1n) is 8.24. The van der Waals surface area contributed by atoms with Crippen LogP contribution in [0.2, 0.25) is 5.15 Å². The van der Waals surface area contributed by atoms with Gasteiger partial charge in [-0.05, 0) is 51.1 Å². The van der Waals surface area contributed by atoms with Crippen molar-refractivity contribution in [1.82, 2.24) is 14.9 Å². The van der Waals surface area contributed by atoms with Gasteiger partial charge in [0, 0.05) is 25.2 Å². The molecule has 2 aliphatic heterocycles. The summed E-state index contributed by atoms with van der Waals surface area (Å²) in [5.74, 6) is 1.90. The van der Waals surface area contributed by atoms with Gasteiger partial charge in [-0.3, -0.25) is 0 Å². The van der Waals surface area contributed by atoms with Crippen LogP contribution in [0.4, 0.5) is 5.82 Å². The predicted molar refractivity (Wildman–Crippen MR) is 87.0 cm³/mol. The minimum absolute atomic E-state index is 0.613. The zero-order valence-corrected chi connectivity index (χ0v) is 13.6. The molecule has 0 amide bonds. The number of anilines is 1. The maximum absolute atomic E-state index is 6.21. The van der Waals surface area contributed by atoms with Gasteiger partial charge in [-0.15, -0.1) is 0 Å². The van der Waals surface area contributed by atoms with Crippen LogP contribution in [0.25, 0.3) is 0 Å². The highest BCUT2D eigenvalue weighted by molar-refractivity contribution is 6.30. The number of hydrogen-bond donors (Lipinski definition) is 0. The summed E-state index contributed by atoms with van der Waals surface area (Å²) < 4.78 is 0. The van der Waals surface area contributed by atoms with Gasteiger partial charge in [-0.2, -0.15) is 0 Å². The third-order valence-corrected chi connectivity index (χ3v) is 5.18. The lowest BCUT2D eigenvalue weighted by Crippen LogP contribution is -2.39. The van der Waals surface area contributed by atoms with Crippen LogP contribution < -0.4 is 4.90 Å². The van der Waals surface area contributed by atoms with E-state index in [2.05, 4.69) is 26.7 Å². The fraction of sp³-hybridized carbons (Fsp3) is 0.750. The zero-order valence-electron chi connectivity index (χ0n) is 12.9. The minimum Gasteiger partial charge on any atom is -0.356 e. The van der Waals surface area contributed by atoms with Gasteiger partial charge in [-0.25, -0.2) is 9.97 Å². The van der Waals surface area contributed by atoms with Crippen molar-refractivity contribution in [2.45, 2.75) is 39.0 Å². The fourth-order valence-electron chi connectivity index (χ4n) is 3.62. The molecular formula is C16H25ClN4. The van der Waals surface area contributed by atoms with Gasteiger partial charge >= 0.3 is 0 Å². The Morgan fingerprint density at radius 2 is 1.86 bits per heavy atom. The first-order valence-corrected chi connectivity index (χ1v) is 8.62. The lowest BCUT2D eigenvalue weighted by Gasteiger charge is -2.35. The number of hydrogen-bond acceptors (Lipinski definition) is 4. The lowest BCUT2D eigenvalue weighted by molar-refractivity contribution is 0.249. The molecule has 0 bridgehead atoms. The zero-order chi connectivity index (χ0) is 14.7. The van der Waals surface area contributed by atoms with Crippen molar-refractivity contribution in [3.8, 4) is 0 Å². The molecule has 5 heteroatoms. The van der Waals surface area contributed by atoms with Crippen LogP contribution in [0, 0.1) is 5.92 Å². The molecule has 116 valence electrons. The Kier molecular flexibility index (Phi) is 4.96. The van der Waals surface area contributed by atoms with Gasteiger partial charge in [-0.1, -0.05) is 18.5 Å². The molecule has 2 saturated heterocycles. The van der Waals surface area contributed by atoms with Crippen molar-refractivity contribution in [1.29, 1.82) is 0 Å². The maximum atomic E-state index is 6.21. The number of aromatic nitrogens is 2. The van der Waals surface area contributed by atoms with Crippen molar-refractivity contribution in [3.05, 3.63) is 17.0 Å². The summed E-state index contributed by atoms with van der Waals surface area (Å²) in [5.41, 5.74) is 1.09. The number of likely N-dealkylation sites (tertiary alicyclic amines) is 1. The molecule has 3 heterocycles.